The van der Waals surface area contributed by atoms with Gasteiger partial charge in [-0.15, -0.1) is 0 Å². The average molecular weight is 511 g/mol. The fourth-order valence-corrected chi connectivity index (χ4v) is 5.50. The third-order valence-electron chi connectivity index (χ3n) is 4.43. The fourth-order valence-electron chi connectivity index (χ4n) is 3.04. The molecular weight excluding hydrogens is 487 g/mol. The van der Waals surface area contributed by atoms with E-state index in [4.69, 9.17) is 22.4 Å². The van der Waals surface area contributed by atoms with Crippen LogP contribution in [0.1, 0.15) is 19.4 Å². The standard InChI is InChI=1S/C19H23ClN2O4S.ClHO4/c1-3-22(4-2)12-11-21-17-9-10-19-16(14-17)13-15-7-5-6-8-18(15)27(19)26-20(23,24)25;2-1(3,4)5/h5-10,13-14,21H,3-4,11-12H2,1-2H3;(H,2,3,4,5). The van der Waals surface area contributed by atoms with Crippen molar-refractivity contribution >= 4 is 22.5 Å². The molecule has 1 heterocycles. The lowest BCUT2D eigenvalue weighted by atomic mass is 10.1. The summed E-state index contributed by atoms with van der Waals surface area (Å²) in [5.74, 6) is 0. The van der Waals surface area contributed by atoms with Gasteiger partial charge in [0.2, 0.25) is 0 Å². The lowest BCUT2D eigenvalue weighted by molar-refractivity contribution is -1.92. The van der Waals surface area contributed by atoms with Crippen molar-refractivity contribution in [2.45, 2.75) is 18.7 Å². The number of hydrogen-bond acceptors (Lipinski definition) is 10. The van der Waals surface area contributed by atoms with Gasteiger partial charge in [0.05, 0.1) is 34.6 Å². The number of nitrogens with one attached hydrogen (secondary N) is 1. The number of likely N-dealkylation sites (N-methyl/N-ethyl adjacent to an activating group) is 1. The Kier molecular flexibility index (Phi) is 9.85. The Morgan fingerprint density at radius 2 is 1.62 bits per heavy atom. The third-order valence-corrected chi connectivity index (χ3v) is 7.09. The van der Waals surface area contributed by atoms with Crippen LogP contribution in [-0.4, -0.2) is 35.7 Å². The van der Waals surface area contributed by atoms with Crippen LogP contribution in [0.4, 0.5) is 5.69 Å². The molecule has 178 valence electrons. The van der Waals surface area contributed by atoms with Crippen molar-refractivity contribution in [2.75, 3.05) is 31.5 Å². The molecule has 0 spiro atoms. The fraction of sp³-hybridized carbons (Fsp3) is 0.316. The molecule has 1 aliphatic rings. The number of fused-ring (bicyclic) bond motifs is 2. The monoisotopic (exact) mass is 510 g/mol. The molecule has 2 N–H and O–H groups in total. The normalized spacial score (nSPS) is 15.2. The predicted molar refractivity (Wildman–Crippen MR) is 100 cm³/mol. The zero-order valence-electron chi connectivity index (χ0n) is 17.4. The van der Waals surface area contributed by atoms with Gasteiger partial charge in [-0.3, -0.25) is 0 Å². The highest BCUT2D eigenvalue weighted by Gasteiger charge is 2.27. The number of nitrogens with zero attached hydrogens (tertiary/aromatic N) is 1. The van der Waals surface area contributed by atoms with Crippen LogP contribution in [0.5, 0.6) is 0 Å². The molecule has 13 heteroatoms. The average Bonchev–Trinajstić information content (AvgIpc) is 2.69. The maximum Gasteiger partial charge on any atom is 0.148 e. The number of hydrogen-bond donors (Lipinski definition) is 2. The van der Waals surface area contributed by atoms with Crippen LogP contribution in [0.2, 0.25) is 0 Å². The number of anilines is 1. The molecule has 32 heavy (non-hydrogen) atoms. The summed E-state index contributed by atoms with van der Waals surface area (Å²) in [6.45, 7) is 8.05. The molecule has 10 nitrogen and oxygen atoms in total. The highest BCUT2D eigenvalue weighted by atomic mass is 35.7. The summed E-state index contributed by atoms with van der Waals surface area (Å²) in [7, 11) is -10.5. The maximum atomic E-state index is 11.2. The molecule has 0 aliphatic carbocycles. The number of benzene rings is 2. The van der Waals surface area contributed by atoms with E-state index in [0.717, 1.165) is 42.6 Å². The van der Waals surface area contributed by atoms with Gasteiger partial charge in [0.15, 0.2) is 0 Å². The predicted octanol–water partition coefficient (Wildman–Crippen LogP) is -4.13. The first-order valence-corrected chi connectivity index (χ1v) is 13.1. The number of halogens is 2. The van der Waals surface area contributed by atoms with E-state index in [9.17, 15) is 14.0 Å². The van der Waals surface area contributed by atoms with Crippen molar-refractivity contribution < 1.29 is 56.8 Å². The molecule has 2 aromatic rings. The molecule has 0 aromatic heterocycles. The second-order valence-corrected chi connectivity index (χ2v) is 9.96. The Labute approximate surface area is 192 Å². The van der Waals surface area contributed by atoms with E-state index in [0.29, 0.717) is 9.41 Å². The van der Waals surface area contributed by atoms with Crippen molar-refractivity contribution in [2.24, 2.45) is 0 Å². The summed E-state index contributed by atoms with van der Waals surface area (Å²) in [4.78, 5) is 3.02. The Bertz CT molecular complexity index is 1020. The second kappa shape index (κ2) is 11.7. The van der Waals surface area contributed by atoms with E-state index in [1.807, 2.05) is 36.4 Å². The van der Waals surface area contributed by atoms with E-state index >= 15 is 0 Å². The first kappa shape index (κ1) is 26.9. The summed E-state index contributed by atoms with van der Waals surface area (Å²) in [6, 6.07) is 13.0. The molecule has 0 saturated heterocycles. The van der Waals surface area contributed by atoms with Crippen LogP contribution in [-0.2, 0) is 3.74 Å². The zero-order chi connectivity index (χ0) is 23.9. The van der Waals surface area contributed by atoms with Crippen LogP contribution in [0, 0.1) is 25.0 Å². The van der Waals surface area contributed by atoms with Gasteiger partial charge < -0.3 is 10.2 Å². The Morgan fingerprint density at radius 1 is 1.00 bits per heavy atom. The minimum absolute atomic E-state index is 0.690. The molecule has 3 rings (SSSR count). The van der Waals surface area contributed by atoms with E-state index in [1.165, 1.54) is 0 Å². The molecular formula is C19H24Cl2N2O8S. The molecule has 0 fully saturated rings. The highest BCUT2D eigenvalue weighted by Crippen LogP contribution is 2.37. The summed E-state index contributed by atoms with van der Waals surface area (Å²) >= 11 is 0. The van der Waals surface area contributed by atoms with Crippen molar-refractivity contribution in [3.05, 3.63) is 57.8 Å². The maximum absolute atomic E-state index is 11.2. The molecule has 2 aromatic carbocycles. The minimum atomic E-state index is -4.69. The third kappa shape index (κ3) is 8.90. The summed E-state index contributed by atoms with van der Waals surface area (Å²) in [5.41, 5.74) is 1.80. The van der Waals surface area contributed by atoms with Crippen molar-refractivity contribution in [1.29, 1.82) is 0 Å². The molecule has 1 atom stereocenters. The van der Waals surface area contributed by atoms with Gasteiger partial charge in [-0.05, 0) is 54.2 Å². The molecule has 0 saturated carbocycles. The van der Waals surface area contributed by atoms with Crippen molar-refractivity contribution in [3.8, 4) is 0 Å². The van der Waals surface area contributed by atoms with E-state index < -0.39 is 31.3 Å². The van der Waals surface area contributed by atoms with Crippen LogP contribution < -0.4 is 38.5 Å². The van der Waals surface area contributed by atoms with Gasteiger partial charge in [-0.1, -0.05) is 32.0 Å². The van der Waals surface area contributed by atoms with Gasteiger partial charge in [0.25, 0.3) is 0 Å². The van der Waals surface area contributed by atoms with Crippen LogP contribution in [0.15, 0.2) is 47.4 Å². The Morgan fingerprint density at radius 3 is 2.22 bits per heavy atom. The molecule has 1 aliphatic heterocycles. The van der Waals surface area contributed by atoms with Gasteiger partial charge in [0, 0.05) is 18.8 Å². The number of rotatable bonds is 8. The Balaban J connectivity index is 0.000000654. The zero-order valence-corrected chi connectivity index (χ0v) is 19.7. The SMILES string of the molecule is CCN(CC)CCNc1ccc2c(c1)=Cc1ccccc1S=2O[Cl+3]([O-])([O-])[O-].[O-][Cl+3]([O-])([O-])O. The Hall–Kier alpha value is -1.32. The summed E-state index contributed by atoms with van der Waals surface area (Å²) < 4.78 is 72.0. The lowest BCUT2D eigenvalue weighted by Gasteiger charge is -2.19. The van der Waals surface area contributed by atoms with E-state index in [1.54, 1.807) is 12.1 Å². The van der Waals surface area contributed by atoms with Crippen LogP contribution in [0.25, 0.3) is 6.08 Å². The first-order chi connectivity index (χ1) is 14.9. The quantitative estimate of drug-likeness (QED) is 0.330. The van der Waals surface area contributed by atoms with Crippen molar-refractivity contribution in [3.63, 3.8) is 0 Å². The van der Waals surface area contributed by atoms with Crippen molar-refractivity contribution in [1.82, 2.24) is 4.90 Å². The van der Waals surface area contributed by atoms with Gasteiger partial charge in [0.1, 0.15) is 14.5 Å². The topological polar surface area (TPSA) is 183 Å². The largest absolute Gasteiger partial charge is 0.384 e. The van der Waals surface area contributed by atoms with E-state index in [-0.39, 0.29) is 0 Å². The lowest BCUT2D eigenvalue weighted by Crippen LogP contribution is -2.60. The summed E-state index contributed by atoms with van der Waals surface area (Å²) in [6.07, 6.45) is 1.99. The van der Waals surface area contributed by atoms with Gasteiger partial charge >= 0.3 is 0 Å². The molecule has 0 amide bonds. The smallest absolute Gasteiger partial charge is 0.148 e. The molecule has 0 bridgehead atoms. The first-order valence-electron chi connectivity index (χ1n) is 9.43. The van der Waals surface area contributed by atoms with Gasteiger partial charge in [-0.25, -0.2) is 0 Å². The van der Waals surface area contributed by atoms with E-state index in [2.05, 4.69) is 24.1 Å². The molecule has 0 radical (unpaired) electrons. The minimum Gasteiger partial charge on any atom is -0.384 e. The second-order valence-electron chi connectivity index (χ2n) is 6.49. The highest BCUT2D eigenvalue weighted by molar-refractivity contribution is 8.05. The van der Waals surface area contributed by atoms with Crippen LogP contribution >= 0.6 is 10.8 Å². The molecule has 1 unspecified atom stereocenters. The van der Waals surface area contributed by atoms with Crippen LogP contribution in [0.3, 0.4) is 0 Å². The van der Waals surface area contributed by atoms with Gasteiger partial charge in [-0.2, -0.15) is 28.0 Å². The summed E-state index contributed by atoms with van der Waals surface area (Å²) in [5, 5.41) is 4.25.